The van der Waals surface area contributed by atoms with Crippen LogP contribution in [0.15, 0.2) is 42.5 Å². The first-order valence-corrected chi connectivity index (χ1v) is 10.1. The zero-order valence-electron chi connectivity index (χ0n) is 14.2. The molecule has 4 nitrogen and oxygen atoms in total. The fourth-order valence-corrected chi connectivity index (χ4v) is 5.29. The van der Waals surface area contributed by atoms with E-state index >= 15 is 0 Å². The summed E-state index contributed by atoms with van der Waals surface area (Å²) in [5.74, 6) is 3.58. The summed E-state index contributed by atoms with van der Waals surface area (Å²) < 4.78 is 16.6. The van der Waals surface area contributed by atoms with Crippen molar-refractivity contribution in [2.24, 2.45) is 0 Å². The van der Waals surface area contributed by atoms with Crippen LogP contribution in [0.4, 0.5) is 0 Å². The van der Waals surface area contributed by atoms with Gasteiger partial charge in [0, 0.05) is 11.5 Å². The lowest BCUT2D eigenvalue weighted by Gasteiger charge is -2.12. The molecule has 0 saturated carbocycles. The van der Waals surface area contributed by atoms with Crippen LogP contribution < -0.4 is 14.2 Å². The average Bonchev–Trinajstić information content (AvgIpc) is 3.16. The van der Waals surface area contributed by atoms with Gasteiger partial charge in [-0.25, -0.2) is 4.79 Å². The zero-order chi connectivity index (χ0) is 17.6. The van der Waals surface area contributed by atoms with Gasteiger partial charge in [-0.05, 0) is 42.3 Å². The third-order valence-corrected chi connectivity index (χ3v) is 6.77. The quantitative estimate of drug-likeness (QED) is 0.548. The number of hydrogen-bond donors (Lipinski definition) is 0. The normalized spacial score (nSPS) is 14.3. The predicted octanol–water partition coefficient (Wildman–Crippen LogP) is 4.47. The molecule has 6 heteroatoms. The Morgan fingerprint density at radius 1 is 1.08 bits per heavy atom. The Hall–Kier alpha value is -1.79. The first-order chi connectivity index (χ1) is 12.2. The number of rotatable bonds is 6. The molecule has 1 aliphatic rings. The summed E-state index contributed by atoms with van der Waals surface area (Å²) in [5.41, 5.74) is 2.32. The van der Waals surface area contributed by atoms with Crippen LogP contribution in [0.5, 0.6) is 17.2 Å². The monoisotopic (exact) mass is 376 g/mol. The van der Waals surface area contributed by atoms with E-state index in [0.717, 1.165) is 5.56 Å². The van der Waals surface area contributed by atoms with Crippen molar-refractivity contribution in [3.05, 3.63) is 53.6 Å². The Labute approximate surface area is 156 Å². The standard InChI is InChI=1S/C19H20O4S2/c1-13-3-8-16(17(11-13)21-2)22-12-18(20)23-15-6-4-14(5-7-15)19-24-9-10-25-19/h3-8,11,19H,9-10,12H2,1-2H3. The highest BCUT2D eigenvalue weighted by molar-refractivity contribution is 8.19. The number of esters is 1. The minimum absolute atomic E-state index is 0.171. The van der Waals surface area contributed by atoms with Crippen molar-refractivity contribution in [3.8, 4) is 17.2 Å². The van der Waals surface area contributed by atoms with Crippen LogP contribution in [0.25, 0.3) is 0 Å². The lowest BCUT2D eigenvalue weighted by molar-refractivity contribution is -0.136. The summed E-state index contributed by atoms with van der Waals surface area (Å²) in [7, 11) is 1.57. The van der Waals surface area contributed by atoms with Gasteiger partial charge in [0.05, 0.1) is 11.7 Å². The summed E-state index contributed by atoms with van der Waals surface area (Å²) in [4.78, 5) is 12.0. The minimum atomic E-state index is -0.444. The summed E-state index contributed by atoms with van der Waals surface area (Å²) in [6.45, 7) is 1.79. The van der Waals surface area contributed by atoms with Crippen molar-refractivity contribution >= 4 is 29.5 Å². The fraction of sp³-hybridized carbons (Fsp3) is 0.316. The largest absolute Gasteiger partial charge is 0.493 e. The van der Waals surface area contributed by atoms with E-state index in [2.05, 4.69) is 0 Å². The molecule has 1 saturated heterocycles. The molecule has 0 atom stereocenters. The van der Waals surface area contributed by atoms with E-state index in [1.807, 2.05) is 66.8 Å². The number of carbonyl (C=O) groups excluding carboxylic acids is 1. The van der Waals surface area contributed by atoms with E-state index in [-0.39, 0.29) is 6.61 Å². The molecule has 2 aromatic carbocycles. The molecule has 1 heterocycles. The molecule has 0 unspecified atom stereocenters. The van der Waals surface area contributed by atoms with E-state index in [9.17, 15) is 4.79 Å². The smallest absolute Gasteiger partial charge is 0.349 e. The molecule has 25 heavy (non-hydrogen) atoms. The van der Waals surface area contributed by atoms with Gasteiger partial charge in [0.25, 0.3) is 0 Å². The number of ether oxygens (including phenoxy) is 3. The number of hydrogen-bond acceptors (Lipinski definition) is 6. The van der Waals surface area contributed by atoms with Crippen LogP contribution in [-0.2, 0) is 4.79 Å². The number of aryl methyl sites for hydroxylation is 1. The van der Waals surface area contributed by atoms with Crippen LogP contribution in [-0.4, -0.2) is 31.2 Å². The number of methoxy groups -OCH3 is 1. The number of benzene rings is 2. The van der Waals surface area contributed by atoms with Crippen LogP contribution >= 0.6 is 23.5 Å². The van der Waals surface area contributed by atoms with E-state index in [1.165, 1.54) is 17.1 Å². The lowest BCUT2D eigenvalue weighted by Crippen LogP contribution is -2.18. The van der Waals surface area contributed by atoms with Crippen LogP contribution in [0.2, 0.25) is 0 Å². The first kappa shape index (κ1) is 18.0. The van der Waals surface area contributed by atoms with Gasteiger partial charge in [-0.3, -0.25) is 0 Å². The maximum Gasteiger partial charge on any atom is 0.349 e. The van der Waals surface area contributed by atoms with Crippen LogP contribution in [0.3, 0.4) is 0 Å². The highest BCUT2D eigenvalue weighted by Gasteiger charge is 2.18. The van der Waals surface area contributed by atoms with Gasteiger partial charge in [-0.2, -0.15) is 0 Å². The third-order valence-electron chi connectivity index (χ3n) is 3.67. The molecule has 132 valence electrons. The fourth-order valence-electron chi connectivity index (χ4n) is 2.44. The third kappa shape index (κ3) is 4.86. The second-order valence-electron chi connectivity index (χ2n) is 5.56. The van der Waals surface area contributed by atoms with Crippen molar-refractivity contribution in [1.82, 2.24) is 0 Å². The van der Waals surface area contributed by atoms with Crippen molar-refractivity contribution in [2.75, 3.05) is 25.2 Å². The molecule has 1 aliphatic heterocycles. The first-order valence-electron chi connectivity index (χ1n) is 7.97. The summed E-state index contributed by atoms with van der Waals surface area (Å²) in [5, 5.41) is 0. The maximum absolute atomic E-state index is 12.0. The van der Waals surface area contributed by atoms with E-state index in [0.29, 0.717) is 21.8 Å². The molecule has 0 aromatic heterocycles. The molecule has 2 aromatic rings. The molecule has 0 N–H and O–H groups in total. The van der Waals surface area contributed by atoms with Gasteiger partial charge in [-0.15, -0.1) is 23.5 Å². The minimum Gasteiger partial charge on any atom is -0.493 e. The molecular formula is C19H20O4S2. The van der Waals surface area contributed by atoms with Gasteiger partial charge < -0.3 is 14.2 Å². The summed E-state index contributed by atoms with van der Waals surface area (Å²) >= 11 is 3.90. The summed E-state index contributed by atoms with van der Waals surface area (Å²) in [6.07, 6.45) is 0. The van der Waals surface area contributed by atoms with Gasteiger partial charge >= 0.3 is 5.97 Å². The molecule has 0 radical (unpaired) electrons. The Kier molecular flexibility index (Phi) is 6.15. The van der Waals surface area contributed by atoms with Crippen LogP contribution in [0.1, 0.15) is 15.7 Å². The van der Waals surface area contributed by atoms with Crippen molar-refractivity contribution in [2.45, 2.75) is 11.5 Å². The van der Waals surface area contributed by atoms with E-state index < -0.39 is 5.97 Å². The Morgan fingerprint density at radius 2 is 1.80 bits per heavy atom. The van der Waals surface area contributed by atoms with Crippen LogP contribution in [0, 0.1) is 6.92 Å². The molecule has 0 amide bonds. The average molecular weight is 376 g/mol. The van der Waals surface area contributed by atoms with Crippen molar-refractivity contribution < 1.29 is 19.0 Å². The highest BCUT2D eigenvalue weighted by atomic mass is 32.2. The zero-order valence-corrected chi connectivity index (χ0v) is 15.8. The predicted molar refractivity (Wildman–Crippen MR) is 103 cm³/mol. The molecule has 0 bridgehead atoms. The SMILES string of the molecule is COc1cc(C)ccc1OCC(=O)Oc1ccc(C2SCCS2)cc1. The topological polar surface area (TPSA) is 44.8 Å². The Balaban J connectivity index is 1.54. The molecule has 0 spiro atoms. The number of carbonyl (C=O) groups is 1. The Morgan fingerprint density at radius 3 is 2.48 bits per heavy atom. The highest BCUT2D eigenvalue weighted by Crippen LogP contribution is 2.45. The Bertz CT molecular complexity index is 725. The lowest BCUT2D eigenvalue weighted by atomic mass is 10.2. The van der Waals surface area contributed by atoms with Gasteiger partial charge in [0.2, 0.25) is 0 Å². The van der Waals surface area contributed by atoms with Gasteiger partial charge in [0.15, 0.2) is 18.1 Å². The molecule has 0 aliphatic carbocycles. The second-order valence-corrected chi connectivity index (χ2v) is 8.28. The van der Waals surface area contributed by atoms with Gasteiger partial charge in [0.1, 0.15) is 5.75 Å². The van der Waals surface area contributed by atoms with E-state index in [4.69, 9.17) is 14.2 Å². The molecular weight excluding hydrogens is 356 g/mol. The molecule has 3 rings (SSSR count). The van der Waals surface area contributed by atoms with Crippen molar-refractivity contribution in [1.29, 1.82) is 0 Å². The second kappa shape index (κ2) is 8.54. The summed E-state index contributed by atoms with van der Waals surface area (Å²) in [6, 6.07) is 13.2. The maximum atomic E-state index is 12.0. The van der Waals surface area contributed by atoms with Gasteiger partial charge in [-0.1, -0.05) is 18.2 Å². The molecule has 1 fully saturated rings. The number of thioether (sulfide) groups is 2. The van der Waals surface area contributed by atoms with Crippen molar-refractivity contribution in [3.63, 3.8) is 0 Å². The van der Waals surface area contributed by atoms with E-state index in [1.54, 1.807) is 13.2 Å².